The van der Waals surface area contributed by atoms with Gasteiger partial charge in [-0.25, -0.2) is 4.79 Å². The highest BCUT2D eigenvalue weighted by Crippen LogP contribution is 2.42. The van der Waals surface area contributed by atoms with Gasteiger partial charge in [-0.15, -0.1) is 11.3 Å². The molecular formula is C28H39N5O2S. The van der Waals surface area contributed by atoms with Crippen LogP contribution in [0.3, 0.4) is 0 Å². The van der Waals surface area contributed by atoms with E-state index in [0.717, 1.165) is 36.5 Å². The summed E-state index contributed by atoms with van der Waals surface area (Å²) in [5.74, 6) is 0.677. The predicted molar refractivity (Wildman–Crippen MR) is 148 cm³/mol. The van der Waals surface area contributed by atoms with Crippen LogP contribution in [0.4, 0.5) is 21.9 Å². The first kappa shape index (κ1) is 25.2. The number of carbonyl (C=O) groups is 2. The van der Waals surface area contributed by atoms with Crippen molar-refractivity contribution in [3.8, 4) is 0 Å². The molecule has 3 aliphatic heterocycles. The molecule has 1 atom stereocenters. The van der Waals surface area contributed by atoms with Crippen molar-refractivity contribution < 1.29 is 9.59 Å². The number of hydrogen-bond acceptors (Lipinski definition) is 5. The summed E-state index contributed by atoms with van der Waals surface area (Å²) in [5.41, 5.74) is 2.59. The molecule has 2 fully saturated rings. The molecule has 2 N–H and O–H groups in total. The van der Waals surface area contributed by atoms with E-state index < -0.39 is 0 Å². The molecule has 3 amide bonds. The van der Waals surface area contributed by atoms with Crippen molar-refractivity contribution in [2.24, 2.45) is 5.92 Å². The number of nitrogens with zero attached hydrogens (tertiary/aromatic N) is 3. The first-order valence-electron chi connectivity index (χ1n) is 13.5. The summed E-state index contributed by atoms with van der Waals surface area (Å²) in [6.45, 7) is 6.91. The number of thiophene rings is 1. The topological polar surface area (TPSA) is 67.9 Å². The summed E-state index contributed by atoms with van der Waals surface area (Å²) in [5, 5.41) is 7.92. The van der Waals surface area contributed by atoms with Crippen LogP contribution in [0.15, 0.2) is 29.6 Å². The minimum atomic E-state index is -0.187. The number of amides is 3. The highest BCUT2D eigenvalue weighted by Gasteiger charge is 2.32. The third kappa shape index (κ3) is 5.45. The quantitative estimate of drug-likeness (QED) is 0.521. The Hall–Kier alpha value is -2.42. The van der Waals surface area contributed by atoms with E-state index >= 15 is 0 Å². The number of likely N-dealkylation sites (tertiary alicyclic amines) is 2. The molecule has 4 heterocycles. The van der Waals surface area contributed by atoms with Gasteiger partial charge in [0, 0.05) is 29.4 Å². The lowest BCUT2D eigenvalue weighted by atomic mass is 9.90. The molecule has 5 rings (SSSR count). The number of aryl methyl sites for hydroxylation is 1. The highest BCUT2D eigenvalue weighted by atomic mass is 32.1. The highest BCUT2D eigenvalue weighted by molar-refractivity contribution is 7.11. The van der Waals surface area contributed by atoms with Crippen molar-refractivity contribution in [3.05, 3.63) is 40.1 Å². The molecule has 0 aliphatic carbocycles. The van der Waals surface area contributed by atoms with Gasteiger partial charge in [0.05, 0.1) is 22.6 Å². The van der Waals surface area contributed by atoms with Gasteiger partial charge in [0.25, 0.3) is 5.91 Å². The number of urea groups is 1. The summed E-state index contributed by atoms with van der Waals surface area (Å²) < 4.78 is 0. The van der Waals surface area contributed by atoms with Gasteiger partial charge in [-0.3, -0.25) is 9.69 Å². The zero-order valence-corrected chi connectivity index (χ0v) is 22.4. The molecule has 0 radical (unpaired) electrons. The van der Waals surface area contributed by atoms with Gasteiger partial charge >= 0.3 is 6.03 Å². The van der Waals surface area contributed by atoms with Crippen molar-refractivity contribution in [1.82, 2.24) is 15.1 Å². The van der Waals surface area contributed by atoms with Gasteiger partial charge < -0.3 is 20.4 Å². The van der Waals surface area contributed by atoms with Crippen LogP contribution in [0, 0.1) is 12.8 Å². The molecule has 7 nitrogen and oxygen atoms in total. The molecule has 0 bridgehead atoms. The summed E-state index contributed by atoms with van der Waals surface area (Å²) >= 11 is 1.50. The van der Waals surface area contributed by atoms with Gasteiger partial charge in [-0.1, -0.05) is 25.0 Å². The third-order valence-corrected chi connectivity index (χ3v) is 9.14. The van der Waals surface area contributed by atoms with Gasteiger partial charge in [0.1, 0.15) is 0 Å². The van der Waals surface area contributed by atoms with Gasteiger partial charge in [0.15, 0.2) is 0 Å². The molecule has 1 aromatic heterocycles. The van der Waals surface area contributed by atoms with E-state index in [2.05, 4.69) is 27.5 Å². The second kappa shape index (κ2) is 11.3. The van der Waals surface area contributed by atoms with Crippen LogP contribution in [-0.2, 0) is 0 Å². The van der Waals surface area contributed by atoms with Crippen molar-refractivity contribution in [1.29, 1.82) is 0 Å². The van der Waals surface area contributed by atoms with Gasteiger partial charge in [-0.05, 0) is 83.8 Å². The number of benzene rings is 1. The number of anilines is 3. The minimum absolute atomic E-state index is 0.171. The molecule has 2 aromatic rings. The summed E-state index contributed by atoms with van der Waals surface area (Å²) in [6.07, 6.45) is 9.34. The van der Waals surface area contributed by atoms with Gasteiger partial charge in [0.2, 0.25) is 0 Å². The monoisotopic (exact) mass is 509 g/mol. The maximum absolute atomic E-state index is 13.4. The number of para-hydroxylation sites is 2. The SMILES string of the molecule is Cc1scc2c1N(C(=O)NCCN1CCC(CCCC3CCCN3C)CC1)c1ccccc1NC2=O. The molecule has 1 aromatic carbocycles. The van der Waals surface area contributed by atoms with Crippen molar-refractivity contribution in [2.75, 3.05) is 50.0 Å². The van der Waals surface area contributed by atoms with E-state index in [1.165, 1.54) is 62.8 Å². The first-order valence-corrected chi connectivity index (χ1v) is 14.4. The summed E-state index contributed by atoms with van der Waals surface area (Å²) in [4.78, 5) is 33.8. The second-order valence-corrected chi connectivity index (χ2v) is 11.7. The number of rotatable bonds is 7. The zero-order chi connectivity index (χ0) is 25.1. The minimum Gasteiger partial charge on any atom is -0.336 e. The standard InChI is InChI=1S/C28H39N5O2S/c1-20-26-23(19-36-20)27(34)30-24-10-3-4-11-25(24)33(26)28(35)29-14-18-32-16-12-21(13-17-32)7-5-8-22-9-6-15-31(22)2/h3-4,10-11,19,21-22H,5-9,12-18H2,1-2H3,(H,29,35)(H,30,34). The fourth-order valence-corrected chi connectivity index (χ4v) is 6.89. The smallest absolute Gasteiger partial charge is 0.326 e. The van der Waals surface area contributed by atoms with Crippen molar-refractivity contribution in [3.63, 3.8) is 0 Å². The van der Waals surface area contributed by atoms with E-state index in [0.29, 0.717) is 29.2 Å². The maximum Gasteiger partial charge on any atom is 0.326 e. The van der Waals surface area contributed by atoms with Crippen LogP contribution in [0.25, 0.3) is 0 Å². The van der Waals surface area contributed by atoms with Crippen LogP contribution >= 0.6 is 11.3 Å². The average Bonchev–Trinajstić information content (AvgIpc) is 3.43. The fourth-order valence-electron chi connectivity index (χ4n) is 6.07. The Labute approximate surface area is 218 Å². The summed E-state index contributed by atoms with van der Waals surface area (Å²) in [7, 11) is 2.28. The van der Waals surface area contributed by atoms with Crippen LogP contribution in [0.1, 0.15) is 60.2 Å². The Balaban J connectivity index is 1.11. The number of fused-ring (bicyclic) bond motifs is 2. The Kier molecular flexibility index (Phi) is 7.93. The Morgan fingerprint density at radius 3 is 2.72 bits per heavy atom. The normalized spacial score (nSPS) is 21.1. The second-order valence-electron chi connectivity index (χ2n) is 10.6. The number of piperidine rings is 1. The van der Waals surface area contributed by atoms with Crippen LogP contribution in [0.5, 0.6) is 0 Å². The molecule has 2 saturated heterocycles. The largest absolute Gasteiger partial charge is 0.336 e. The fraction of sp³-hybridized carbons (Fsp3) is 0.571. The molecular weight excluding hydrogens is 470 g/mol. The Morgan fingerprint density at radius 2 is 1.94 bits per heavy atom. The molecule has 36 heavy (non-hydrogen) atoms. The van der Waals surface area contributed by atoms with Gasteiger partial charge in [-0.2, -0.15) is 0 Å². The van der Waals surface area contributed by atoms with Crippen molar-refractivity contribution in [2.45, 2.75) is 57.9 Å². The molecule has 1 unspecified atom stereocenters. The van der Waals surface area contributed by atoms with E-state index in [-0.39, 0.29) is 11.9 Å². The van der Waals surface area contributed by atoms with E-state index in [1.807, 2.05) is 36.6 Å². The first-order chi connectivity index (χ1) is 17.5. The number of nitrogens with one attached hydrogen (secondary N) is 2. The maximum atomic E-state index is 13.4. The Morgan fingerprint density at radius 1 is 1.14 bits per heavy atom. The number of carbonyl (C=O) groups excluding carboxylic acids is 2. The molecule has 0 spiro atoms. The van der Waals surface area contributed by atoms with E-state index in [4.69, 9.17) is 0 Å². The third-order valence-electron chi connectivity index (χ3n) is 8.24. The van der Waals surface area contributed by atoms with Crippen LogP contribution in [-0.4, -0.2) is 67.6 Å². The lowest BCUT2D eigenvalue weighted by Crippen LogP contribution is -2.43. The van der Waals surface area contributed by atoms with E-state index in [1.54, 1.807) is 4.90 Å². The Bertz CT molecular complexity index is 1080. The van der Waals surface area contributed by atoms with Crippen LogP contribution < -0.4 is 15.5 Å². The molecule has 0 saturated carbocycles. The number of hydrogen-bond donors (Lipinski definition) is 2. The molecule has 8 heteroatoms. The average molecular weight is 510 g/mol. The molecule has 3 aliphatic rings. The summed E-state index contributed by atoms with van der Waals surface area (Å²) in [6, 6.07) is 8.12. The lowest BCUT2D eigenvalue weighted by Gasteiger charge is -2.32. The molecule has 194 valence electrons. The lowest BCUT2D eigenvalue weighted by molar-refractivity contribution is 0.102. The van der Waals surface area contributed by atoms with E-state index in [9.17, 15) is 9.59 Å². The van der Waals surface area contributed by atoms with Crippen molar-refractivity contribution >= 4 is 40.3 Å². The van der Waals surface area contributed by atoms with Crippen LogP contribution in [0.2, 0.25) is 0 Å². The zero-order valence-electron chi connectivity index (χ0n) is 21.6. The predicted octanol–water partition coefficient (Wildman–Crippen LogP) is 5.45.